The molecular formula is C25H31BrClN3O4S. The van der Waals surface area contributed by atoms with E-state index in [4.69, 9.17) is 11.6 Å². The van der Waals surface area contributed by atoms with E-state index in [1.807, 2.05) is 6.92 Å². The molecule has 0 spiro atoms. The molecule has 2 aromatic carbocycles. The molecule has 0 radical (unpaired) electrons. The van der Waals surface area contributed by atoms with Gasteiger partial charge in [0.05, 0.1) is 11.9 Å². The van der Waals surface area contributed by atoms with Crippen molar-refractivity contribution in [1.82, 2.24) is 10.2 Å². The van der Waals surface area contributed by atoms with E-state index >= 15 is 0 Å². The lowest BCUT2D eigenvalue weighted by molar-refractivity contribution is -0.140. The van der Waals surface area contributed by atoms with Crippen LogP contribution in [0.15, 0.2) is 53.0 Å². The van der Waals surface area contributed by atoms with Crippen molar-refractivity contribution in [1.29, 1.82) is 0 Å². The third-order valence-corrected chi connectivity index (χ3v) is 8.20. The van der Waals surface area contributed by atoms with Gasteiger partial charge in [0.25, 0.3) is 0 Å². The Kier molecular flexibility index (Phi) is 9.61. The molecule has 10 heteroatoms. The smallest absolute Gasteiger partial charge is 0.244 e. The number of hydrogen-bond acceptors (Lipinski definition) is 4. The average molecular weight is 585 g/mol. The van der Waals surface area contributed by atoms with Crippen LogP contribution >= 0.6 is 27.5 Å². The zero-order chi connectivity index (χ0) is 25.6. The Morgan fingerprint density at radius 2 is 1.74 bits per heavy atom. The fraction of sp³-hybridized carbons (Fsp3) is 0.440. The third kappa shape index (κ3) is 7.44. The zero-order valence-corrected chi connectivity index (χ0v) is 23.1. The molecule has 1 fully saturated rings. The van der Waals surface area contributed by atoms with Gasteiger partial charge in [-0.1, -0.05) is 55.6 Å². The fourth-order valence-electron chi connectivity index (χ4n) is 4.32. The third-order valence-electron chi connectivity index (χ3n) is 6.15. The van der Waals surface area contributed by atoms with Crippen molar-refractivity contribution < 1.29 is 18.0 Å². The molecule has 0 bridgehead atoms. The molecule has 7 nitrogen and oxygen atoms in total. The second-order valence-corrected chi connectivity index (χ2v) is 12.0. The van der Waals surface area contributed by atoms with Crippen molar-refractivity contribution in [2.24, 2.45) is 0 Å². The van der Waals surface area contributed by atoms with Gasteiger partial charge in [-0.3, -0.25) is 13.9 Å². The van der Waals surface area contributed by atoms with Gasteiger partial charge in [-0.2, -0.15) is 0 Å². The highest BCUT2D eigenvalue weighted by molar-refractivity contribution is 9.10. The quantitative estimate of drug-likeness (QED) is 0.437. The van der Waals surface area contributed by atoms with Gasteiger partial charge in [0.1, 0.15) is 12.6 Å². The summed E-state index contributed by atoms with van der Waals surface area (Å²) in [6, 6.07) is 13.2. The van der Waals surface area contributed by atoms with Crippen LogP contribution in [0.2, 0.25) is 5.02 Å². The molecule has 0 aliphatic heterocycles. The normalized spacial score (nSPS) is 15.0. The number of carbonyl (C=O) groups is 2. The number of para-hydroxylation sites is 1. The summed E-state index contributed by atoms with van der Waals surface area (Å²) >= 11 is 9.41. The van der Waals surface area contributed by atoms with Crippen molar-refractivity contribution in [3.63, 3.8) is 0 Å². The van der Waals surface area contributed by atoms with Crippen LogP contribution in [0.1, 0.15) is 44.6 Å². The Balaban J connectivity index is 1.92. The maximum Gasteiger partial charge on any atom is 0.244 e. The first-order chi connectivity index (χ1) is 16.6. The SMILES string of the molecule is CC[C@H](C(=O)NC1CCCC1)N(Cc1ccc(Cl)cc1)C(=O)CN(c1ccccc1Br)S(C)(=O)=O. The number of benzene rings is 2. The van der Waals surface area contributed by atoms with E-state index < -0.39 is 28.5 Å². The van der Waals surface area contributed by atoms with Crippen LogP contribution in [0.25, 0.3) is 0 Å². The number of carbonyl (C=O) groups excluding carboxylic acids is 2. The Morgan fingerprint density at radius 3 is 2.31 bits per heavy atom. The van der Waals surface area contributed by atoms with E-state index in [9.17, 15) is 18.0 Å². The maximum atomic E-state index is 13.7. The molecule has 1 saturated carbocycles. The summed E-state index contributed by atoms with van der Waals surface area (Å²) in [6.45, 7) is 1.57. The molecule has 190 valence electrons. The molecule has 1 atom stereocenters. The molecule has 1 N–H and O–H groups in total. The summed E-state index contributed by atoms with van der Waals surface area (Å²) in [6.07, 6.45) is 5.46. The second-order valence-electron chi connectivity index (χ2n) is 8.78. The summed E-state index contributed by atoms with van der Waals surface area (Å²) in [7, 11) is -3.78. The number of rotatable bonds is 10. The minimum atomic E-state index is -3.78. The molecule has 35 heavy (non-hydrogen) atoms. The van der Waals surface area contributed by atoms with Gasteiger partial charge >= 0.3 is 0 Å². The first kappa shape index (κ1) is 27.5. The minimum Gasteiger partial charge on any atom is -0.352 e. The minimum absolute atomic E-state index is 0.108. The lowest BCUT2D eigenvalue weighted by atomic mass is 10.1. The monoisotopic (exact) mass is 583 g/mol. The molecule has 0 heterocycles. The molecular weight excluding hydrogens is 554 g/mol. The van der Waals surface area contributed by atoms with Crippen LogP contribution in [0.5, 0.6) is 0 Å². The number of anilines is 1. The van der Waals surface area contributed by atoms with E-state index in [0.29, 0.717) is 21.6 Å². The van der Waals surface area contributed by atoms with Gasteiger partial charge in [0.15, 0.2) is 0 Å². The summed E-state index contributed by atoms with van der Waals surface area (Å²) in [5, 5.41) is 3.66. The average Bonchev–Trinajstić information content (AvgIpc) is 3.31. The van der Waals surface area contributed by atoms with Gasteiger partial charge in [0, 0.05) is 22.1 Å². The van der Waals surface area contributed by atoms with Gasteiger partial charge in [-0.15, -0.1) is 0 Å². The number of amides is 2. The summed E-state index contributed by atoms with van der Waals surface area (Å²) < 4.78 is 27.0. The highest BCUT2D eigenvalue weighted by Gasteiger charge is 2.33. The largest absolute Gasteiger partial charge is 0.352 e. The van der Waals surface area contributed by atoms with E-state index in [1.54, 1.807) is 48.5 Å². The molecule has 0 aromatic heterocycles. The van der Waals surface area contributed by atoms with Crippen molar-refractivity contribution in [2.45, 2.75) is 57.7 Å². The zero-order valence-electron chi connectivity index (χ0n) is 19.9. The first-order valence-corrected chi connectivity index (χ1v) is 14.7. The summed E-state index contributed by atoms with van der Waals surface area (Å²) in [5.41, 5.74) is 1.15. The fourth-order valence-corrected chi connectivity index (χ4v) is 5.93. The lowest BCUT2D eigenvalue weighted by Crippen LogP contribution is -2.53. The molecule has 0 unspecified atom stereocenters. The predicted octanol–water partition coefficient (Wildman–Crippen LogP) is 4.73. The number of nitrogens with one attached hydrogen (secondary N) is 1. The van der Waals surface area contributed by atoms with E-state index in [-0.39, 0.29) is 18.5 Å². The van der Waals surface area contributed by atoms with Crippen molar-refractivity contribution in [3.05, 3.63) is 63.6 Å². The van der Waals surface area contributed by atoms with Crippen LogP contribution in [-0.4, -0.2) is 50.0 Å². The Morgan fingerprint density at radius 1 is 1.11 bits per heavy atom. The summed E-state index contributed by atoms with van der Waals surface area (Å²) in [5.74, 6) is -0.678. The van der Waals surface area contributed by atoms with Crippen molar-refractivity contribution in [2.75, 3.05) is 17.1 Å². The van der Waals surface area contributed by atoms with E-state index in [2.05, 4.69) is 21.2 Å². The van der Waals surface area contributed by atoms with Crippen LogP contribution in [0, 0.1) is 0 Å². The Bertz CT molecular complexity index is 1140. The van der Waals surface area contributed by atoms with Crippen molar-refractivity contribution >= 4 is 55.1 Å². The van der Waals surface area contributed by atoms with Gasteiger partial charge in [-0.05, 0) is 65.0 Å². The number of hydrogen-bond donors (Lipinski definition) is 1. The second kappa shape index (κ2) is 12.2. The molecule has 1 aliphatic carbocycles. The molecule has 1 aliphatic rings. The topological polar surface area (TPSA) is 86.8 Å². The lowest BCUT2D eigenvalue weighted by Gasteiger charge is -2.33. The van der Waals surface area contributed by atoms with Crippen molar-refractivity contribution in [3.8, 4) is 0 Å². The molecule has 2 amide bonds. The number of nitrogens with zero attached hydrogens (tertiary/aromatic N) is 2. The number of sulfonamides is 1. The maximum absolute atomic E-state index is 13.7. The van der Waals surface area contributed by atoms with E-state index in [0.717, 1.165) is 41.8 Å². The van der Waals surface area contributed by atoms with Gasteiger partial charge < -0.3 is 10.2 Å². The predicted molar refractivity (Wildman–Crippen MR) is 143 cm³/mol. The summed E-state index contributed by atoms with van der Waals surface area (Å²) in [4.78, 5) is 28.4. The molecule has 0 saturated heterocycles. The molecule has 3 rings (SSSR count). The van der Waals surface area contributed by atoms with Gasteiger partial charge in [-0.25, -0.2) is 8.42 Å². The highest BCUT2D eigenvalue weighted by atomic mass is 79.9. The molecule has 2 aromatic rings. The van der Waals surface area contributed by atoms with Crippen LogP contribution < -0.4 is 9.62 Å². The van der Waals surface area contributed by atoms with Gasteiger partial charge in [0.2, 0.25) is 21.8 Å². The highest BCUT2D eigenvalue weighted by Crippen LogP contribution is 2.28. The van der Waals surface area contributed by atoms with Crippen LogP contribution in [-0.2, 0) is 26.2 Å². The van der Waals surface area contributed by atoms with E-state index in [1.165, 1.54) is 4.90 Å². The van der Waals surface area contributed by atoms with Crippen LogP contribution in [0.4, 0.5) is 5.69 Å². The first-order valence-electron chi connectivity index (χ1n) is 11.7. The standard InChI is InChI=1S/C25H31BrClN3O4S/c1-3-22(25(32)28-20-8-4-5-9-20)29(16-18-12-14-19(27)15-13-18)24(31)17-30(35(2,33)34)23-11-7-6-10-21(23)26/h6-7,10-15,20,22H,3-5,8-9,16-17H2,1-2H3,(H,28,32)/t22-/m1/s1. The number of halogens is 2. The Hall–Kier alpha value is -2.10. The Labute approximate surface area is 221 Å². The van der Waals surface area contributed by atoms with Crippen LogP contribution in [0.3, 0.4) is 0 Å².